The van der Waals surface area contributed by atoms with Crippen LogP contribution in [0.1, 0.15) is 29.6 Å². The zero-order valence-electron chi connectivity index (χ0n) is 14.4. The molecule has 2 amide bonds. The molecular weight excluding hydrogens is 430 g/mol. The van der Waals surface area contributed by atoms with Crippen LogP contribution < -0.4 is 10.6 Å². The van der Waals surface area contributed by atoms with E-state index in [9.17, 15) is 18.0 Å². The molecule has 0 bridgehead atoms. The highest BCUT2D eigenvalue weighted by Gasteiger charge is 2.38. The normalized spacial score (nSPS) is 18.2. The first-order valence-electron chi connectivity index (χ1n) is 8.22. The number of rotatable bonds is 5. The van der Waals surface area contributed by atoms with Crippen LogP contribution >= 0.6 is 34.3 Å². The maximum absolute atomic E-state index is 13.0. The van der Waals surface area contributed by atoms with Gasteiger partial charge in [-0.1, -0.05) is 18.0 Å². The molecule has 146 valence electrons. The first-order chi connectivity index (χ1) is 12.8. The van der Waals surface area contributed by atoms with Gasteiger partial charge in [-0.2, -0.15) is 4.31 Å². The molecule has 2 aromatic rings. The molecule has 11 heteroatoms. The van der Waals surface area contributed by atoms with Gasteiger partial charge in [0.25, 0.3) is 15.9 Å². The van der Waals surface area contributed by atoms with Crippen LogP contribution in [-0.4, -0.2) is 44.2 Å². The quantitative estimate of drug-likeness (QED) is 0.736. The molecule has 27 heavy (non-hydrogen) atoms. The largest absolute Gasteiger partial charge is 0.355 e. The fraction of sp³-hybridized carbons (Fsp3) is 0.375. The molecule has 3 heterocycles. The highest BCUT2D eigenvalue weighted by atomic mass is 35.5. The van der Waals surface area contributed by atoms with E-state index in [1.54, 1.807) is 11.4 Å². The molecular formula is C16H18ClN3O4S3. The standard InChI is InChI=1S/C16H18ClN3O4S3/c1-18-14(21)10-7-9-25-16(10)19-15(22)11-4-2-3-8-20(11)27(23,24)13-6-5-12(17)26-13/h5-7,9,11H,2-4,8H2,1H3,(H,18,21)(H,19,22)/t11-/m1/s1. The second kappa shape index (κ2) is 8.27. The number of sulfonamides is 1. The van der Waals surface area contributed by atoms with Gasteiger partial charge in [0.15, 0.2) is 0 Å². The SMILES string of the molecule is CNC(=O)c1ccsc1NC(=O)[C@H]1CCCCN1S(=O)(=O)c1ccc(Cl)s1. The van der Waals surface area contributed by atoms with E-state index in [2.05, 4.69) is 10.6 Å². The number of nitrogens with zero attached hydrogens (tertiary/aromatic N) is 1. The van der Waals surface area contributed by atoms with E-state index in [1.807, 2.05) is 0 Å². The molecule has 2 aromatic heterocycles. The summed E-state index contributed by atoms with van der Waals surface area (Å²) in [6.45, 7) is 0.267. The van der Waals surface area contributed by atoms with E-state index in [0.717, 1.165) is 17.8 Å². The van der Waals surface area contributed by atoms with Gasteiger partial charge in [-0.05, 0) is 36.4 Å². The Morgan fingerprint density at radius 1 is 1.26 bits per heavy atom. The predicted molar refractivity (Wildman–Crippen MR) is 107 cm³/mol. The summed E-state index contributed by atoms with van der Waals surface area (Å²) in [7, 11) is -2.31. The zero-order chi connectivity index (χ0) is 19.6. The van der Waals surface area contributed by atoms with Gasteiger partial charge in [0.05, 0.1) is 9.90 Å². The monoisotopic (exact) mass is 447 g/mol. The molecule has 1 fully saturated rings. The summed E-state index contributed by atoms with van der Waals surface area (Å²) in [4.78, 5) is 24.7. The number of piperidine rings is 1. The van der Waals surface area contributed by atoms with E-state index in [-0.39, 0.29) is 16.7 Å². The Hall–Kier alpha value is -1.46. The molecule has 1 atom stereocenters. The molecule has 0 radical (unpaired) electrons. The van der Waals surface area contributed by atoms with Crippen molar-refractivity contribution in [3.05, 3.63) is 33.5 Å². The second-order valence-electron chi connectivity index (χ2n) is 5.92. The number of halogens is 1. The molecule has 0 unspecified atom stereocenters. The zero-order valence-corrected chi connectivity index (χ0v) is 17.6. The first-order valence-corrected chi connectivity index (χ1v) is 11.7. The molecule has 1 aliphatic heterocycles. The van der Waals surface area contributed by atoms with Crippen molar-refractivity contribution in [2.45, 2.75) is 29.5 Å². The van der Waals surface area contributed by atoms with Crippen LogP contribution in [0.25, 0.3) is 0 Å². The molecule has 2 N–H and O–H groups in total. The van der Waals surface area contributed by atoms with E-state index < -0.39 is 22.0 Å². The van der Waals surface area contributed by atoms with Crippen molar-refractivity contribution < 1.29 is 18.0 Å². The van der Waals surface area contributed by atoms with Crippen molar-refractivity contribution >= 4 is 61.1 Å². The van der Waals surface area contributed by atoms with Crippen molar-refractivity contribution in [3.63, 3.8) is 0 Å². The van der Waals surface area contributed by atoms with E-state index in [4.69, 9.17) is 11.6 Å². The Bertz CT molecular complexity index is 954. The van der Waals surface area contributed by atoms with Crippen LogP contribution in [-0.2, 0) is 14.8 Å². The third kappa shape index (κ3) is 4.19. The van der Waals surface area contributed by atoms with Crippen LogP contribution in [0.2, 0.25) is 4.34 Å². The van der Waals surface area contributed by atoms with E-state index >= 15 is 0 Å². The van der Waals surface area contributed by atoms with Crippen LogP contribution in [0.3, 0.4) is 0 Å². The molecule has 1 saturated heterocycles. The molecule has 7 nitrogen and oxygen atoms in total. The second-order valence-corrected chi connectivity index (χ2v) is 10.7. The Balaban J connectivity index is 1.84. The lowest BCUT2D eigenvalue weighted by Crippen LogP contribution is -2.49. The van der Waals surface area contributed by atoms with Crippen LogP contribution in [0.15, 0.2) is 27.8 Å². The minimum absolute atomic E-state index is 0.120. The van der Waals surface area contributed by atoms with Crippen LogP contribution in [0.5, 0.6) is 0 Å². The van der Waals surface area contributed by atoms with Gasteiger partial charge in [-0.25, -0.2) is 8.42 Å². The molecule has 0 spiro atoms. The summed E-state index contributed by atoms with van der Waals surface area (Å²) < 4.78 is 27.7. The smallest absolute Gasteiger partial charge is 0.254 e. The summed E-state index contributed by atoms with van der Waals surface area (Å²) in [5.41, 5.74) is 0.353. The number of amides is 2. The average Bonchev–Trinajstić information content (AvgIpc) is 3.30. The molecule has 1 aliphatic rings. The summed E-state index contributed by atoms with van der Waals surface area (Å²) in [5.74, 6) is -0.749. The maximum atomic E-state index is 13.0. The summed E-state index contributed by atoms with van der Waals surface area (Å²) in [6.07, 6.45) is 1.86. The minimum atomic E-state index is -3.81. The number of hydrogen-bond donors (Lipinski definition) is 2. The number of carbonyl (C=O) groups excluding carboxylic acids is 2. The van der Waals surface area contributed by atoms with Crippen molar-refractivity contribution in [2.24, 2.45) is 0 Å². The van der Waals surface area contributed by atoms with Crippen molar-refractivity contribution in [1.82, 2.24) is 9.62 Å². The topological polar surface area (TPSA) is 95.6 Å². The lowest BCUT2D eigenvalue weighted by atomic mass is 10.0. The third-order valence-electron chi connectivity index (χ3n) is 4.24. The summed E-state index contributed by atoms with van der Waals surface area (Å²) in [6, 6.07) is 3.76. The molecule has 0 aliphatic carbocycles. The maximum Gasteiger partial charge on any atom is 0.254 e. The van der Waals surface area contributed by atoms with Gasteiger partial charge in [0.2, 0.25) is 5.91 Å². The fourth-order valence-corrected chi connectivity index (χ4v) is 6.98. The van der Waals surface area contributed by atoms with Gasteiger partial charge in [-0.3, -0.25) is 9.59 Å². The van der Waals surface area contributed by atoms with Crippen molar-refractivity contribution in [1.29, 1.82) is 0 Å². The molecule has 0 saturated carbocycles. The Kier molecular flexibility index (Phi) is 6.21. The third-order valence-corrected chi connectivity index (χ3v) is 8.68. The number of nitrogens with one attached hydrogen (secondary N) is 2. The Morgan fingerprint density at radius 3 is 2.70 bits per heavy atom. The van der Waals surface area contributed by atoms with E-state index in [0.29, 0.717) is 27.7 Å². The fourth-order valence-electron chi connectivity index (χ4n) is 2.92. The van der Waals surface area contributed by atoms with Crippen LogP contribution in [0.4, 0.5) is 5.00 Å². The van der Waals surface area contributed by atoms with Gasteiger partial charge < -0.3 is 10.6 Å². The average molecular weight is 448 g/mol. The summed E-state index contributed by atoms with van der Waals surface area (Å²) >= 11 is 8.07. The number of anilines is 1. The lowest BCUT2D eigenvalue weighted by molar-refractivity contribution is -0.120. The van der Waals surface area contributed by atoms with Crippen LogP contribution in [0, 0.1) is 0 Å². The lowest BCUT2D eigenvalue weighted by Gasteiger charge is -2.33. The Labute approximate surface area is 170 Å². The minimum Gasteiger partial charge on any atom is -0.355 e. The number of thiophene rings is 2. The highest BCUT2D eigenvalue weighted by Crippen LogP contribution is 2.32. The van der Waals surface area contributed by atoms with Gasteiger partial charge >= 0.3 is 0 Å². The summed E-state index contributed by atoms with van der Waals surface area (Å²) in [5, 5.41) is 7.34. The number of hydrogen-bond acceptors (Lipinski definition) is 6. The van der Waals surface area contributed by atoms with Crippen molar-refractivity contribution in [3.8, 4) is 0 Å². The predicted octanol–water partition coefficient (Wildman–Crippen LogP) is 3.00. The van der Waals surface area contributed by atoms with E-state index in [1.165, 1.54) is 34.8 Å². The number of carbonyl (C=O) groups is 2. The Morgan fingerprint density at radius 2 is 2.04 bits per heavy atom. The van der Waals surface area contributed by atoms with Crippen molar-refractivity contribution in [2.75, 3.05) is 18.9 Å². The molecule has 0 aromatic carbocycles. The molecule has 3 rings (SSSR count). The highest BCUT2D eigenvalue weighted by molar-refractivity contribution is 7.91. The van der Waals surface area contributed by atoms with Gasteiger partial charge in [0.1, 0.15) is 15.3 Å². The van der Waals surface area contributed by atoms with Gasteiger partial charge in [-0.15, -0.1) is 22.7 Å². The first kappa shape index (κ1) is 20.3. The van der Waals surface area contributed by atoms with Gasteiger partial charge in [0, 0.05) is 13.6 Å².